The van der Waals surface area contributed by atoms with Crippen molar-refractivity contribution >= 4 is 46.3 Å². The molecular weight excluding hydrogens is 520 g/mol. The van der Waals surface area contributed by atoms with E-state index in [4.69, 9.17) is 9.47 Å². The van der Waals surface area contributed by atoms with Crippen molar-refractivity contribution in [1.29, 1.82) is 0 Å². The lowest BCUT2D eigenvalue weighted by Gasteiger charge is -2.44. The minimum atomic E-state index is -0.465. The van der Waals surface area contributed by atoms with Crippen molar-refractivity contribution < 1.29 is 28.7 Å². The third kappa shape index (κ3) is 6.81. The van der Waals surface area contributed by atoms with Gasteiger partial charge in [-0.15, -0.1) is 11.3 Å². The monoisotopic (exact) mass is 560 g/mol. The SMILES string of the molecule is CCNC(=O)Nc1sc(/C=C/C(=O)OCC)cc1C(=O)N1CCC(N2CCCC3(C2)CC(C)(C)OC3=O)CC1. The average molecular weight is 561 g/mol. The Labute approximate surface area is 234 Å². The van der Waals surface area contributed by atoms with Crippen LogP contribution in [0.3, 0.4) is 0 Å². The Morgan fingerprint density at radius 2 is 1.95 bits per heavy atom. The van der Waals surface area contributed by atoms with Gasteiger partial charge >= 0.3 is 18.0 Å². The minimum Gasteiger partial charge on any atom is -0.463 e. The van der Waals surface area contributed by atoms with Gasteiger partial charge in [-0.1, -0.05) is 0 Å². The third-order valence-corrected chi connectivity index (χ3v) is 8.67. The van der Waals surface area contributed by atoms with E-state index < -0.39 is 17.0 Å². The fraction of sp³-hybridized carbons (Fsp3) is 0.643. The number of piperidine rings is 2. The average Bonchev–Trinajstić information content (AvgIpc) is 3.38. The van der Waals surface area contributed by atoms with Gasteiger partial charge in [-0.2, -0.15) is 0 Å². The largest absolute Gasteiger partial charge is 0.463 e. The van der Waals surface area contributed by atoms with Crippen molar-refractivity contribution in [2.45, 2.75) is 71.4 Å². The molecule has 11 heteroatoms. The number of carbonyl (C=O) groups is 4. The number of cyclic esters (lactones) is 1. The van der Waals surface area contributed by atoms with Crippen LogP contribution >= 0.6 is 11.3 Å². The third-order valence-electron chi connectivity index (χ3n) is 7.66. The number of hydrogen-bond donors (Lipinski definition) is 2. The molecule has 2 N–H and O–H groups in total. The second-order valence-electron chi connectivity index (χ2n) is 11.2. The molecule has 4 rings (SSSR count). The quantitative estimate of drug-likeness (QED) is 0.384. The van der Waals surface area contributed by atoms with Gasteiger partial charge in [-0.05, 0) is 72.1 Å². The summed E-state index contributed by atoms with van der Waals surface area (Å²) < 4.78 is 10.6. The van der Waals surface area contributed by atoms with Crippen LogP contribution in [0.15, 0.2) is 12.1 Å². The molecule has 1 unspecified atom stereocenters. The maximum Gasteiger partial charge on any atom is 0.330 e. The summed E-state index contributed by atoms with van der Waals surface area (Å²) in [7, 11) is 0. The highest BCUT2D eigenvalue weighted by atomic mass is 32.1. The zero-order valence-corrected chi connectivity index (χ0v) is 24.2. The first-order valence-electron chi connectivity index (χ1n) is 13.9. The molecule has 3 aliphatic rings. The minimum absolute atomic E-state index is 0.0674. The van der Waals surface area contributed by atoms with Crippen LogP contribution in [0, 0.1) is 5.41 Å². The van der Waals surface area contributed by atoms with Gasteiger partial charge in [0.25, 0.3) is 5.91 Å². The summed E-state index contributed by atoms with van der Waals surface area (Å²) in [5.74, 6) is -0.682. The van der Waals surface area contributed by atoms with Crippen LogP contribution in [-0.2, 0) is 19.1 Å². The van der Waals surface area contributed by atoms with Crippen molar-refractivity contribution in [1.82, 2.24) is 15.1 Å². The summed E-state index contributed by atoms with van der Waals surface area (Å²) in [6.07, 6.45) is 7.14. The van der Waals surface area contributed by atoms with E-state index in [-0.39, 0.29) is 24.5 Å². The molecule has 0 aromatic carbocycles. The zero-order chi connectivity index (χ0) is 28.2. The Kier molecular flexibility index (Phi) is 9.00. The first-order chi connectivity index (χ1) is 18.6. The summed E-state index contributed by atoms with van der Waals surface area (Å²) in [6, 6.07) is 1.62. The Morgan fingerprint density at radius 3 is 2.59 bits per heavy atom. The molecule has 0 saturated carbocycles. The molecule has 3 aliphatic heterocycles. The molecule has 4 heterocycles. The standard InChI is InChI=1S/C28H40N4O6S/c1-5-29-26(36)30-23-21(16-20(39-23)8-9-22(33)37-6-2)24(34)31-14-10-19(11-15-31)32-13-7-12-28(18-32)17-27(3,4)38-25(28)35/h8-9,16,19H,5-7,10-15,17-18H2,1-4H3,(H2,29,30,36)/b9-8+. The van der Waals surface area contributed by atoms with Gasteiger partial charge in [0.05, 0.1) is 17.6 Å². The van der Waals surface area contributed by atoms with E-state index in [0.717, 1.165) is 45.2 Å². The van der Waals surface area contributed by atoms with Crippen LogP contribution in [-0.4, -0.2) is 84.7 Å². The number of nitrogens with zero attached hydrogens (tertiary/aromatic N) is 2. The lowest BCUT2D eigenvalue weighted by Crippen LogP contribution is -2.53. The highest BCUT2D eigenvalue weighted by Gasteiger charge is 2.54. The van der Waals surface area contributed by atoms with Crippen LogP contribution in [0.2, 0.25) is 0 Å². The molecule has 1 atom stereocenters. The molecule has 3 saturated heterocycles. The van der Waals surface area contributed by atoms with Crippen molar-refractivity contribution in [2.75, 3.05) is 44.6 Å². The van der Waals surface area contributed by atoms with Crippen LogP contribution in [0.4, 0.5) is 9.80 Å². The number of nitrogens with one attached hydrogen (secondary N) is 2. The van der Waals surface area contributed by atoms with Gasteiger partial charge < -0.3 is 19.7 Å². The highest BCUT2D eigenvalue weighted by Crippen LogP contribution is 2.46. The molecule has 1 spiro atoms. The first-order valence-corrected chi connectivity index (χ1v) is 14.7. The van der Waals surface area contributed by atoms with Gasteiger partial charge in [0.15, 0.2) is 0 Å². The highest BCUT2D eigenvalue weighted by molar-refractivity contribution is 7.17. The molecule has 3 fully saturated rings. The molecule has 3 amide bonds. The van der Waals surface area contributed by atoms with Gasteiger partial charge in [0, 0.05) is 49.6 Å². The van der Waals surface area contributed by atoms with Gasteiger partial charge in [-0.3, -0.25) is 19.8 Å². The number of rotatable bonds is 7. The Hall–Kier alpha value is -2.92. The first kappa shape index (κ1) is 29.1. The maximum atomic E-state index is 13.6. The number of hydrogen-bond acceptors (Lipinski definition) is 8. The number of urea groups is 1. The van der Waals surface area contributed by atoms with E-state index >= 15 is 0 Å². The summed E-state index contributed by atoms with van der Waals surface area (Å²) in [5, 5.41) is 5.91. The predicted octanol–water partition coefficient (Wildman–Crippen LogP) is 3.88. The smallest absolute Gasteiger partial charge is 0.330 e. The molecule has 1 aromatic heterocycles. The normalized spacial score (nSPS) is 23.7. The fourth-order valence-electron chi connectivity index (χ4n) is 6.07. The Bertz CT molecular complexity index is 1120. The zero-order valence-electron chi connectivity index (χ0n) is 23.3. The molecule has 0 bridgehead atoms. The van der Waals surface area contributed by atoms with E-state index in [9.17, 15) is 19.2 Å². The summed E-state index contributed by atoms with van der Waals surface area (Å²) >= 11 is 1.23. The number of likely N-dealkylation sites (tertiary alicyclic amines) is 2. The fourth-order valence-corrected chi connectivity index (χ4v) is 7.02. The molecule has 39 heavy (non-hydrogen) atoms. The lowest BCUT2D eigenvalue weighted by molar-refractivity contribution is -0.154. The number of ether oxygens (including phenoxy) is 2. The van der Waals surface area contributed by atoms with E-state index in [2.05, 4.69) is 15.5 Å². The summed E-state index contributed by atoms with van der Waals surface area (Å²) in [5.41, 5.74) is -0.431. The Balaban J connectivity index is 1.42. The molecule has 0 aliphatic carbocycles. The van der Waals surface area contributed by atoms with Crippen molar-refractivity contribution in [3.8, 4) is 0 Å². The van der Waals surface area contributed by atoms with E-state index in [1.165, 1.54) is 17.4 Å². The molecular formula is C28H40N4O6S. The molecule has 10 nitrogen and oxygen atoms in total. The maximum absolute atomic E-state index is 13.6. The number of thiophene rings is 1. The number of carbonyl (C=O) groups excluding carboxylic acids is 4. The van der Waals surface area contributed by atoms with E-state index in [1.807, 2.05) is 25.7 Å². The second-order valence-corrected chi connectivity index (χ2v) is 12.2. The second kappa shape index (κ2) is 12.1. The van der Waals surface area contributed by atoms with Crippen LogP contribution in [0.1, 0.15) is 75.0 Å². The molecule has 1 aromatic rings. The van der Waals surface area contributed by atoms with Gasteiger partial charge in [-0.25, -0.2) is 9.59 Å². The van der Waals surface area contributed by atoms with Crippen molar-refractivity contribution in [3.63, 3.8) is 0 Å². The Morgan fingerprint density at radius 1 is 1.21 bits per heavy atom. The number of amides is 3. The number of anilines is 1. The van der Waals surface area contributed by atoms with Crippen LogP contribution in [0.25, 0.3) is 6.08 Å². The van der Waals surface area contributed by atoms with Crippen LogP contribution in [0.5, 0.6) is 0 Å². The van der Waals surface area contributed by atoms with Gasteiger partial charge in [0.1, 0.15) is 10.6 Å². The van der Waals surface area contributed by atoms with Crippen molar-refractivity contribution in [3.05, 3.63) is 22.6 Å². The predicted molar refractivity (Wildman–Crippen MR) is 150 cm³/mol. The summed E-state index contributed by atoms with van der Waals surface area (Å²) in [6.45, 7) is 11.1. The van der Waals surface area contributed by atoms with Gasteiger partial charge in [0.2, 0.25) is 0 Å². The lowest BCUT2D eigenvalue weighted by atomic mass is 9.74. The van der Waals surface area contributed by atoms with E-state index in [0.29, 0.717) is 41.1 Å². The summed E-state index contributed by atoms with van der Waals surface area (Å²) in [4.78, 5) is 55.3. The van der Waals surface area contributed by atoms with Crippen molar-refractivity contribution in [2.24, 2.45) is 5.41 Å². The van der Waals surface area contributed by atoms with E-state index in [1.54, 1.807) is 19.1 Å². The molecule has 214 valence electrons. The molecule has 0 radical (unpaired) electrons. The topological polar surface area (TPSA) is 117 Å². The van der Waals surface area contributed by atoms with Crippen LogP contribution < -0.4 is 10.6 Å². The number of esters is 2.